The summed E-state index contributed by atoms with van der Waals surface area (Å²) in [5.41, 5.74) is -1.49. The summed E-state index contributed by atoms with van der Waals surface area (Å²) in [4.78, 5) is 33.4. The van der Waals surface area contributed by atoms with Gasteiger partial charge in [-0.1, -0.05) is 11.6 Å². The zero-order valence-electron chi connectivity index (χ0n) is 11.4. The van der Waals surface area contributed by atoms with Gasteiger partial charge in [0.15, 0.2) is 11.6 Å². The Labute approximate surface area is 123 Å². The maximum Gasteiger partial charge on any atom is 0.221 e. The van der Waals surface area contributed by atoms with E-state index in [1.54, 1.807) is 0 Å². The Morgan fingerprint density at radius 2 is 1.05 bits per heavy atom. The van der Waals surface area contributed by atoms with Crippen LogP contribution >= 0.6 is 11.6 Å². The molecule has 1 aromatic rings. The normalized spacial score (nSPS) is 10.0. The maximum absolute atomic E-state index is 14.0. The molecule has 0 fully saturated rings. The standard InChI is InChI=1S/C12H12ClF2N3O3/c1-4(19)16-10-8(14)7(13)9(15)11(17-5(2)20)12(10)18-6(3)21/h1-3H3,(H,16,19)(H,17,20)(H,18,21). The van der Waals surface area contributed by atoms with Crippen LogP contribution in [-0.2, 0) is 14.4 Å². The van der Waals surface area contributed by atoms with Gasteiger partial charge in [0, 0.05) is 20.8 Å². The van der Waals surface area contributed by atoms with Gasteiger partial charge in [-0.15, -0.1) is 0 Å². The van der Waals surface area contributed by atoms with Crippen LogP contribution in [0.4, 0.5) is 25.8 Å². The van der Waals surface area contributed by atoms with Gasteiger partial charge in [-0.3, -0.25) is 14.4 Å². The molecule has 0 aromatic heterocycles. The lowest BCUT2D eigenvalue weighted by Crippen LogP contribution is -2.18. The summed E-state index contributed by atoms with van der Waals surface area (Å²) in [6.45, 7) is 3.28. The Morgan fingerprint density at radius 1 is 0.762 bits per heavy atom. The molecule has 0 unspecified atom stereocenters. The number of amides is 3. The Hall–Kier alpha value is -2.22. The number of nitrogens with one attached hydrogen (secondary N) is 3. The number of carbonyl (C=O) groups excluding carboxylic acids is 3. The van der Waals surface area contributed by atoms with Crippen LogP contribution in [-0.4, -0.2) is 17.7 Å². The Bertz CT molecular complexity index is 592. The fourth-order valence-electron chi connectivity index (χ4n) is 1.55. The van der Waals surface area contributed by atoms with Crippen molar-refractivity contribution in [2.75, 3.05) is 16.0 Å². The summed E-state index contributed by atoms with van der Waals surface area (Å²) in [6.07, 6.45) is 0. The van der Waals surface area contributed by atoms with Gasteiger partial charge in [-0.05, 0) is 0 Å². The van der Waals surface area contributed by atoms with Crippen molar-refractivity contribution in [1.82, 2.24) is 0 Å². The molecule has 0 saturated heterocycles. The first-order valence-electron chi connectivity index (χ1n) is 5.68. The summed E-state index contributed by atoms with van der Waals surface area (Å²) in [7, 11) is 0. The van der Waals surface area contributed by atoms with E-state index in [1.807, 2.05) is 0 Å². The largest absolute Gasteiger partial charge is 0.323 e. The van der Waals surface area contributed by atoms with E-state index in [0.29, 0.717) is 0 Å². The molecule has 0 aliphatic heterocycles. The third-order valence-corrected chi connectivity index (χ3v) is 2.56. The van der Waals surface area contributed by atoms with E-state index in [4.69, 9.17) is 11.6 Å². The molecular formula is C12H12ClF2N3O3. The fourth-order valence-corrected chi connectivity index (χ4v) is 1.74. The molecule has 0 saturated carbocycles. The quantitative estimate of drug-likeness (QED) is 0.748. The van der Waals surface area contributed by atoms with Gasteiger partial charge in [0.1, 0.15) is 16.4 Å². The van der Waals surface area contributed by atoms with Crippen molar-refractivity contribution in [2.24, 2.45) is 0 Å². The molecule has 3 N–H and O–H groups in total. The van der Waals surface area contributed by atoms with E-state index in [2.05, 4.69) is 16.0 Å². The molecular weight excluding hydrogens is 308 g/mol. The molecule has 21 heavy (non-hydrogen) atoms. The molecule has 0 heterocycles. The molecule has 3 amide bonds. The Morgan fingerprint density at radius 3 is 1.33 bits per heavy atom. The van der Waals surface area contributed by atoms with Crippen LogP contribution in [0.1, 0.15) is 20.8 Å². The smallest absolute Gasteiger partial charge is 0.221 e. The minimum atomic E-state index is -1.26. The molecule has 9 heteroatoms. The lowest BCUT2D eigenvalue weighted by atomic mass is 10.2. The van der Waals surface area contributed by atoms with Crippen LogP contribution in [0.3, 0.4) is 0 Å². The van der Waals surface area contributed by atoms with E-state index in [-0.39, 0.29) is 0 Å². The molecule has 0 bridgehead atoms. The van der Waals surface area contributed by atoms with E-state index < -0.39 is 51.4 Å². The molecule has 6 nitrogen and oxygen atoms in total. The van der Waals surface area contributed by atoms with Gasteiger partial charge in [0.2, 0.25) is 17.7 Å². The van der Waals surface area contributed by atoms with Crippen molar-refractivity contribution in [1.29, 1.82) is 0 Å². The summed E-state index contributed by atoms with van der Waals surface area (Å²) in [5, 5.41) is 5.43. The van der Waals surface area contributed by atoms with E-state index in [0.717, 1.165) is 20.8 Å². The first kappa shape index (κ1) is 16.8. The van der Waals surface area contributed by atoms with Gasteiger partial charge in [0.05, 0.1) is 5.69 Å². The third kappa shape index (κ3) is 3.88. The minimum absolute atomic E-state index is 0.424. The summed E-state index contributed by atoms with van der Waals surface area (Å²) in [5.74, 6) is -4.52. The first-order valence-corrected chi connectivity index (χ1v) is 6.06. The number of hydrogen-bond acceptors (Lipinski definition) is 3. The highest BCUT2D eigenvalue weighted by Gasteiger charge is 2.25. The second-order valence-electron chi connectivity index (χ2n) is 4.11. The highest BCUT2D eigenvalue weighted by molar-refractivity contribution is 6.32. The number of benzene rings is 1. The molecule has 0 aliphatic rings. The fraction of sp³-hybridized carbons (Fsp3) is 0.250. The second-order valence-corrected chi connectivity index (χ2v) is 4.49. The van der Waals surface area contributed by atoms with E-state index in [9.17, 15) is 23.2 Å². The molecule has 0 radical (unpaired) electrons. The van der Waals surface area contributed by atoms with Gasteiger partial charge in [0.25, 0.3) is 0 Å². The first-order chi connectivity index (χ1) is 9.65. The highest BCUT2D eigenvalue weighted by atomic mass is 35.5. The van der Waals surface area contributed by atoms with Crippen molar-refractivity contribution < 1.29 is 23.2 Å². The molecule has 114 valence electrons. The number of hydrogen-bond donors (Lipinski definition) is 3. The summed E-state index contributed by atoms with van der Waals surface area (Å²) >= 11 is 5.50. The number of halogens is 3. The Kier molecular flexibility index (Phi) is 5.20. The van der Waals surface area contributed by atoms with Crippen LogP contribution in [0.5, 0.6) is 0 Å². The summed E-state index contributed by atoms with van der Waals surface area (Å²) in [6, 6.07) is 0. The van der Waals surface area contributed by atoms with Crippen molar-refractivity contribution in [2.45, 2.75) is 20.8 Å². The maximum atomic E-state index is 14.0. The van der Waals surface area contributed by atoms with Crippen LogP contribution in [0.2, 0.25) is 5.02 Å². The number of anilines is 3. The summed E-state index contributed by atoms with van der Waals surface area (Å²) < 4.78 is 28.0. The number of carbonyl (C=O) groups is 3. The van der Waals surface area contributed by atoms with Crippen molar-refractivity contribution in [3.8, 4) is 0 Å². The second kappa shape index (κ2) is 6.49. The van der Waals surface area contributed by atoms with Crippen molar-refractivity contribution in [3.05, 3.63) is 16.7 Å². The van der Waals surface area contributed by atoms with Crippen LogP contribution in [0.15, 0.2) is 0 Å². The minimum Gasteiger partial charge on any atom is -0.323 e. The van der Waals surface area contributed by atoms with Gasteiger partial charge in [-0.2, -0.15) is 0 Å². The van der Waals surface area contributed by atoms with Gasteiger partial charge in [-0.25, -0.2) is 8.78 Å². The van der Waals surface area contributed by atoms with Gasteiger partial charge >= 0.3 is 0 Å². The molecule has 1 aromatic carbocycles. The lowest BCUT2D eigenvalue weighted by Gasteiger charge is -2.18. The molecule has 0 aliphatic carbocycles. The monoisotopic (exact) mass is 319 g/mol. The average Bonchev–Trinajstić information content (AvgIpc) is 2.35. The zero-order valence-corrected chi connectivity index (χ0v) is 12.1. The molecule has 1 rings (SSSR count). The molecule has 0 spiro atoms. The predicted molar refractivity (Wildman–Crippen MR) is 74.3 cm³/mol. The topological polar surface area (TPSA) is 87.3 Å². The average molecular weight is 320 g/mol. The van der Waals surface area contributed by atoms with Crippen molar-refractivity contribution >= 4 is 46.4 Å². The molecule has 0 atom stereocenters. The highest BCUT2D eigenvalue weighted by Crippen LogP contribution is 2.40. The lowest BCUT2D eigenvalue weighted by molar-refractivity contribution is -0.115. The van der Waals surface area contributed by atoms with E-state index in [1.165, 1.54) is 0 Å². The zero-order chi connectivity index (χ0) is 16.3. The van der Waals surface area contributed by atoms with Crippen LogP contribution in [0.25, 0.3) is 0 Å². The Balaban J connectivity index is 3.65. The predicted octanol–water partition coefficient (Wildman–Crippen LogP) is 2.49. The van der Waals surface area contributed by atoms with E-state index >= 15 is 0 Å². The van der Waals surface area contributed by atoms with Crippen molar-refractivity contribution in [3.63, 3.8) is 0 Å². The van der Waals surface area contributed by atoms with Crippen LogP contribution in [0, 0.1) is 11.6 Å². The number of rotatable bonds is 3. The SMILES string of the molecule is CC(=O)Nc1c(F)c(Cl)c(F)c(NC(C)=O)c1NC(C)=O. The third-order valence-electron chi connectivity index (χ3n) is 2.23. The van der Waals surface area contributed by atoms with Crippen LogP contribution < -0.4 is 16.0 Å². The van der Waals surface area contributed by atoms with Gasteiger partial charge < -0.3 is 16.0 Å².